The molecule has 3 saturated carbocycles. The number of ketones is 1. The van der Waals surface area contributed by atoms with Gasteiger partial charge in [-0.1, -0.05) is 26.3 Å². The van der Waals surface area contributed by atoms with Gasteiger partial charge in [0.2, 0.25) is 11.0 Å². The first-order valence-corrected chi connectivity index (χ1v) is 21.2. The molecule has 0 aliphatic heterocycles. The fourth-order valence-corrected chi connectivity index (χ4v) is 12.5. The van der Waals surface area contributed by atoms with Crippen LogP contribution >= 0.6 is 27.2 Å². The first kappa shape index (κ1) is 42.9. The summed E-state index contributed by atoms with van der Waals surface area (Å²) in [6.07, 6.45) is -1.48. The van der Waals surface area contributed by atoms with Crippen molar-refractivity contribution >= 4 is 50.0 Å². The van der Waals surface area contributed by atoms with E-state index < -0.39 is 122 Å². The summed E-state index contributed by atoms with van der Waals surface area (Å²) in [5.74, 6) is -4.90. The van der Waals surface area contributed by atoms with E-state index in [4.69, 9.17) is 9.84 Å². The van der Waals surface area contributed by atoms with Crippen LogP contribution in [0, 0.1) is 28.6 Å². The van der Waals surface area contributed by atoms with Crippen LogP contribution in [0.15, 0.2) is 23.8 Å². The fourth-order valence-electron chi connectivity index (χ4n) is 9.00. The van der Waals surface area contributed by atoms with Crippen molar-refractivity contribution in [2.75, 3.05) is 31.9 Å². The number of amides is 1. The molecule has 0 radical (unpaired) electrons. The Kier molecular flexibility index (Phi) is 13.2. The van der Waals surface area contributed by atoms with E-state index in [2.05, 4.69) is 14.2 Å². The van der Waals surface area contributed by atoms with E-state index >= 15 is 8.78 Å². The molecule has 1 amide bonds. The Morgan fingerprint density at radius 1 is 1.12 bits per heavy atom. The maximum absolute atomic E-state index is 17.6. The van der Waals surface area contributed by atoms with Crippen molar-refractivity contribution in [3.05, 3.63) is 23.8 Å². The van der Waals surface area contributed by atoms with Crippen molar-refractivity contribution in [2.24, 2.45) is 28.6 Å². The molecular weight excluding hydrogens is 757 g/mol. The highest BCUT2D eigenvalue weighted by Crippen LogP contribution is 2.72. The van der Waals surface area contributed by atoms with Crippen molar-refractivity contribution in [3.63, 3.8) is 0 Å². The molecule has 294 valence electrons. The monoisotopic (exact) mass is 803 g/mol. The Bertz CT molecular complexity index is 1580. The van der Waals surface area contributed by atoms with Gasteiger partial charge in [-0.15, -0.1) is 0 Å². The Morgan fingerprint density at radius 3 is 2.46 bits per heavy atom. The van der Waals surface area contributed by atoms with Gasteiger partial charge >= 0.3 is 21.4 Å². The number of phosphoric acid groups is 1. The Balaban J connectivity index is 1.43. The maximum atomic E-state index is 17.6. The van der Waals surface area contributed by atoms with Gasteiger partial charge in [-0.05, 0) is 74.4 Å². The Hall–Kier alpha value is -1.88. The topological polar surface area (TPSA) is 223 Å². The lowest BCUT2D eigenvalue weighted by atomic mass is 9.44. The number of allylic oxidation sites excluding steroid dienone is 4. The van der Waals surface area contributed by atoms with Gasteiger partial charge in [-0.25, -0.2) is 22.0 Å². The number of halogens is 3. The quantitative estimate of drug-likeness (QED) is 0.0846. The molecule has 2 unspecified atom stereocenters. The van der Waals surface area contributed by atoms with E-state index in [0.717, 1.165) is 12.2 Å². The maximum Gasteiger partial charge on any atom is 0.479 e. The number of nitrogens with one attached hydrogen (secondary N) is 1. The molecule has 11 atom stereocenters. The van der Waals surface area contributed by atoms with Crippen LogP contribution in [0.3, 0.4) is 0 Å². The van der Waals surface area contributed by atoms with Crippen molar-refractivity contribution in [3.8, 4) is 0 Å². The molecule has 5 N–H and O–H groups in total. The molecule has 0 aromatic heterocycles. The van der Waals surface area contributed by atoms with Gasteiger partial charge in [-0.3, -0.25) is 28.3 Å². The number of hydrogen-bond donors (Lipinski definition) is 5. The minimum Gasteiger partial charge on any atom is -0.449 e. The zero-order valence-electron chi connectivity index (χ0n) is 29.0. The number of phosphoric ester groups is 1. The normalized spacial score (nSPS) is 37.5. The second kappa shape index (κ2) is 16.1. The number of rotatable bonds is 16. The van der Waals surface area contributed by atoms with E-state index in [1.54, 1.807) is 13.8 Å². The summed E-state index contributed by atoms with van der Waals surface area (Å²) in [6.45, 7) is 2.95. The van der Waals surface area contributed by atoms with Crippen molar-refractivity contribution < 1.29 is 75.1 Å². The SMILES string of the molecule is C[C@@H]1C[C@H]2[C@@H]3C[C@H](F)C4=CC(=O)C=C[C@]4(C)[C@@]3(F)[C@@H](O)C[C@]2(C)[C@@]1(OC(=O)CCCCCP(=O)(O)OP(=O)(O)OCCNC(=O)CO)C(=O)SCF. The highest BCUT2D eigenvalue weighted by atomic mass is 32.2. The van der Waals surface area contributed by atoms with E-state index in [9.17, 15) is 47.6 Å². The molecule has 0 bridgehead atoms. The van der Waals surface area contributed by atoms with Crippen LogP contribution in [0.4, 0.5) is 13.2 Å². The molecule has 14 nitrogen and oxygen atoms in total. The lowest BCUT2D eigenvalue weighted by molar-refractivity contribution is -0.228. The molecule has 0 aromatic carbocycles. The fraction of sp³-hybridized carbons (Fsp3) is 0.750. The zero-order valence-corrected chi connectivity index (χ0v) is 31.6. The van der Waals surface area contributed by atoms with E-state index in [0.29, 0.717) is 0 Å². The van der Waals surface area contributed by atoms with Gasteiger partial charge in [0, 0.05) is 35.6 Å². The lowest BCUT2D eigenvalue weighted by Crippen LogP contribution is -2.70. The largest absolute Gasteiger partial charge is 0.479 e. The summed E-state index contributed by atoms with van der Waals surface area (Å²) in [5, 5.41) is 21.6. The molecule has 0 spiro atoms. The van der Waals surface area contributed by atoms with Crippen LogP contribution in [-0.2, 0) is 41.9 Å². The molecule has 3 fully saturated rings. The van der Waals surface area contributed by atoms with Crippen LogP contribution in [0.2, 0.25) is 0 Å². The number of alkyl halides is 3. The smallest absolute Gasteiger partial charge is 0.449 e. The van der Waals surface area contributed by atoms with Gasteiger partial charge in [0.15, 0.2) is 17.1 Å². The summed E-state index contributed by atoms with van der Waals surface area (Å²) in [5.41, 5.74) is -7.65. The van der Waals surface area contributed by atoms with Crippen molar-refractivity contribution in [2.45, 2.75) is 89.3 Å². The second-order valence-corrected chi connectivity index (χ2v) is 18.8. The highest BCUT2D eigenvalue weighted by molar-refractivity contribution is 8.13. The molecule has 20 heteroatoms. The zero-order chi connectivity index (χ0) is 38.9. The van der Waals surface area contributed by atoms with Gasteiger partial charge in [0.1, 0.15) is 18.8 Å². The first-order chi connectivity index (χ1) is 24.1. The van der Waals surface area contributed by atoms with Crippen LogP contribution < -0.4 is 5.32 Å². The van der Waals surface area contributed by atoms with Crippen LogP contribution in [0.25, 0.3) is 0 Å². The number of esters is 1. The van der Waals surface area contributed by atoms with Gasteiger partial charge < -0.3 is 30.1 Å². The summed E-state index contributed by atoms with van der Waals surface area (Å²) >= 11 is 0.278. The molecule has 4 aliphatic carbocycles. The van der Waals surface area contributed by atoms with Gasteiger partial charge in [0.05, 0.1) is 18.9 Å². The van der Waals surface area contributed by atoms with Crippen LogP contribution in [-0.4, -0.2) is 98.2 Å². The standard InChI is InChI=1S/C32H46F3NO13P2S/c1-19-13-21-22-15-24(34)23-14-20(38)8-9-29(23,2)31(22,35)25(39)16-30(21,3)32(19,28(42)52-18-33)48-27(41)7-5-4-6-12-50(43,44)49-51(45,46)47-11-10-36-26(40)17-37/h8-9,14,19,21-22,24-25,37,39H,4-7,10-13,15-18H2,1-3H3,(H,36,40)(H,43,44)(H,45,46)/t19-,21+,22+,24+,25+,29+,30+,31+,32+/m1/s1. The number of aliphatic hydroxyl groups excluding tert-OH is 2. The summed E-state index contributed by atoms with van der Waals surface area (Å²) in [6, 6.07) is -1.16. The number of carbonyl (C=O) groups excluding carboxylic acids is 4. The number of unbranched alkanes of at least 4 members (excludes halogenated alkanes) is 2. The summed E-state index contributed by atoms with van der Waals surface area (Å²) < 4.78 is 86.4. The number of fused-ring (bicyclic) bond motifs is 5. The first-order valence-electron chi connectivity index (χ1n) is 16.9. The molecule has 0 heterocycles. The molecule has 52 heavy (non-hydrogen) atoms. The Morgan fingerprint density at radius 2 is 1.81 bits per heavy atom. The van der Waals surface area contributed by atoms with E-state index in [-0.39, 0.29) is 62.4 Å². The van der Waals surface area contributed by atoms with Crippen molar-refractivity contribution in [1.29, 1.82) is 0 Å². The highest BCUT2D eigenvalue weighted by Gasteiger charge is 2.78. The van der Waals surface area contributed by atoms with E-state index in [1.165, 1.54) is 13.0 Å². The third-order valence-electron chi connectivity index (χ3n) is 11.3. The molecular formula is C32H46F3NO13P2S. The summed E-state index contributed by atoms with van der Waals surface area (Å²) in [4.78, 5) is 70.1. The number of aliphatic hydroxyl groups is 2. The predicted octanol–water partition coefficient (Wildman–Crippen LogP) is 4.01. The third kappa shape index (κ3) is 7.92. The number of ether oxygens (including phenoxy) is 1. The minimum atomic E-state index is -5.00. The molecule has 0 aromatic rings. The van der Waals surface area contributed by atoms with Crippen LogP contribution in [0.5, 0.6) is 0 Å². The minimum absolute atomic E-state index is 0.0579. The molecule has 0 saturated heterocycles. The van der Waals surface area contributed by atoms with E-state index in [1.807, 2.05) is 0 Å². The van der Waals surface area contributed by atoms with Gasteiger partial charge in [-0.2, -0.15) is 0 Å². The third-order valence-corrected chi connectivity index (χ3v) is 15.2. The number of hydrogen-bond acceptors (Lipinski definition) is 12. The second-order valence-electron chi connectivity index (χ2n) is 14.3. The summed E-state index contributed by atoms with van der Waals surface area (Å²) in [7, 11) is -9.65. The predicted molar refractivity (Wildman–Crippen MR) is 181 cm³/mol. The molecule has 4 aliphatic rings. The van der Waals surface area contributed by atoms with Crippen molar-refractivity contribution in [1.82, 2.24) is 5.32 Å². The van der Waals surface area contributed by atoms with Crippen LogP contribution in [0.1, 0.15) is 65.7 Å². The average Bonchev–Trinajstić information content (AvgIpc) is 3.26. The number of carbonyl (C=O) groups is 4. The Labute approximate surface area is 303 Å². The molecule has 4 rings (SSSR count). The van der Waals surface area contributed by atoms with Gasteiger partial charge in [0.25, 0.3) is 0 Å². The lowest BCUT2D eigenvalue weighted by Gasteiger charge is -2.63. The number of thioether (sulfide) groups is 1. The average molecular weight is 804 g/mol.